The highest BCUT2D eigenvalue weighted by atomic mass is 35.5. The number of hydrogen-bond donors (Lipinski definition) is 2. The van der Waals surface area contributed by atoms with Gasteiger partial charge in [0.05, 0.1) is 23.9 Å². The molecule has 1 aliphatic carbocycles. The van der Waals surface area contributed by atoms with Gasteiger partial charge in [-0.15, -0.1) is 12.4 Å². The van der Waals surface area contributed by atoms with Crippen molar-refractivity contribution in [1.29, 1.82) is 0 Å². The Balaban J connectivity index is 0.00000208. The zero-order valence-corrected chi connectivity index (χ0v) is 15.4. The third kappa shape index (κ3) is 4.92. The van der Waals surface area contributed by atoms with Crippen molar-refractivity contribution in [1.82, 2.24) is 10.6 Å². The van der Waals surface area contributed by atoms with Gasteiger partial charge in [0.15, 0.2) is 9.84 Å². The molecule has 5 nitrogen and oxygen atoms in total. The summed E-state index contributed by atoms with van der Waals surface area (Å²) in [4.78, 5) is 0.409. The molecule has 0 amide bonds. The Kier molecular flexibility index (Phi) is 7.50. The summed E-state index contributed by atoms with van der Waals surface area (Å²) in [6, 6.07) is 9.48. The van der Waals surface area contributed by atoms with Gasteiger partial charge in [0, 0.05) is 25.2 Å². The minimum atomic E-state index is -3.20. The zero-order valence-electron chi connectivity index (χ0n) is 13.8. The van der Waals surface area contributed by atoms with Crippen LogP contribution in [0.1, 0.15) is 19.3 Å². The molecule has 3 atom stereocenters. The second-order valence-electron chi connectivity index (χ2n) is 6.42. The van der Waals surface area contributed by atoms with Crippen molar-refractivity contribution in [2.45, 2.75) is 36.2 Å². The molecule has 2 N–H and O–H groups in total. The van der Waals surface area contributed by atoms with E-state index in [1.165, 1.54) is 12.8 Å². The van der Waals surface area contributed by atoms with E-state index in [9.17, 15) is 8.42 Å². The highest BCUT2D eigenvalue weighted by molar-refractivity contribution is 7.91. The van der Waals surface area contributed by atoms with E-state index in [1.54, 1.807) is 24.3 Å². The van der Waals surface area contributed by atoms with Crippen molar-refractivity contribution in [3.05, 3.63) is 30.3 Å². The monoisotopic (exact) mass is 374 g/mol. The summed E-state index contributed by atoms with van der Waals surface area (Å²) < 4.78 is 30.2. The maximum absolute atomic E-state index is 12.3. The molecular weight excluding hydrogens is 348 g/mol. The highest BCUT2D eigenvalue weighted by Gasteiger charge is 2.34. The summed E-state index contributed by atoms with van der Waals surface area (Å²) in [5, 5.41) is 7.02. The van der Waals surface area contributed by atoms with E-state index in [0.717, 1.165) is 26.2 Å². The molecule has 1 saturated heterocycles. The van der Waals surface area contributed by atoms with Crippen molar-refractivity contribution < 1.29 is 13.2 Å². The Morgan fingerprint density at radius 2 is 2.00 bits per heavy atom. The lowest BCUT2D eigenvalue weighted by molar-refractivity contribution is 0.0527. The van der Waals surface area contributed by atoms with Crippen LogP contribution in [0.2, 0.25) is 0 Å². The SMILES string of the molecule is Cl.O=S(=O)(CCNC1CCCC1C1COCCN1)c1ccccc1. The van der Waals surface area contributed by atoms with Gasteiger partial charge in [-0.3, -0.25) is 0 Å². The van der Waals surface area contributed by atoms with Crippen LogP contribution in [-0.2, 0) is 14.6 Å². The summed E-state index contributed by atoms with van der Waals surface area (Å²) in [5.74, 6) is 0.684. The largest absolute Gasteiger partial charge is 0.379 e. The molecule has 3 unspecified atom stereocenters. The molecule has 3 rings (SSSR count). The lowest BCUT2D eigenvalue weighted by atomic mass is 9.94. The molecule has 0 bridgehead atoms. The van der Waals surface area contributed by atoms with Gasteiger partial charge in [0.1, 0.15) is 0 Å². The van der Waals surface area contributed by atoms with Crippen molar-refractivity contribution in [3.8, 4) is 0 Å². The van der Waals surface area contributed by atoms with Crippen molar-refractivity contribution in [2.24, 2.45) is 5.92 Å². The summed E-state index contributed by atoms with van der Waals surface area (Å²) in [7, 11) is -3.20. The van der Waals surface area contributed by atoms with Crippen LogP contribution >= 0.6 is 12.4 Å². The predicted molar refractivity (Wildman–Crippen MR) is 97.5 cm³/mol. The standard InChI is InChI=1S/C17H26N2O3S.ClH/c20-23(21,14-5-2-1-3-6-14)12-10-19-16-8-4-7-15(16)17-13-22-11-9-18-17;/h1-3,5-6,15-19H,4,7-13H2;1H. The first-order valence-corrected chi connectivity index (χ1v) is 10.1. The van der Waals surface area contributed by atoms with E-state index in [0.29, 0.717) is 29.4 Å². The maximum atomic E-state index is 12.3. The average molecular weight is 375 g/mol. The van der Waals surface area contributed by atoms with Crippen LogP contribution in [0.4, 0.5) is 0 Å². The van der Waals surface area contributed by atoms with E-state index < -0.39 is 9.84 Å². The van der Waals surface area contributed by atoms with E-state index in [-0.39, 0.29) is 18.2 Å². The van der Waals surface area contributed by atoms with Gasteiger partial charge in [-0.1, -0.05) is 24.6 Å². The second kappa shape index (κ2) is 9.15. The van der Waals surface area contributed by atoms with Gasteiger partial charge in [-0.05, 0) is 30.9 Å². The third-order valence-electron chi connectivity index (χ3n) is 4.92. The van der Waals surface area contributed by atoms with Gasteiger partial charge in [0.25, 0.3) is 0 Å². The van der Waals surface area contributed by atoms with Gasteiger partial charge in [0.2, 0.25) is 0 Å². The number of hydrogen-bond acceptors (Lipinski definition) is 5. The fourth-order valence-corrected chi connectivity index (χ4v) is 4.90. The number of benzene rings is 1. The van der Waals surface area contributed by atoms with E-state index in [1.807, 2.05) is 6.07 Å². The van der Waals surface area contributed by atoms with Crippen molar-refractivity contribution in [3.63, 3.8) is 0 Å². The number of morpholine rings is 1. The first kappa shape index (κ1) is 19.7. The number of nitrogens with one attached hydrogen (secondary N) is 2. The minimum absolute atomic E-state index is 0. The van der Waals surface area contributed by atoms with E-state index in [2.05, 4.69) is 10.6 Å². The first-order chi connectivity index (χ1) is 11.2. The maximum Gasteiger partial charge on any atom is 0.179 e. The average Bonchev–Trinajstić information content (AvgIpc) is 3.05. The molecule has 1 aromatic rings. The number of rotatable bonds is 6. The molecule has 0 aromatic heterocycles. The summed E-state index contributed by atoms with van der Waals surface area (Å²) >= 11 is 0. The van der Waals surface area contributed by atoms with Crippen molar-refractivity contribution in [2.75, 3.05) is 32.1 Å². The molecule has 2 fully saturated rings. The van der Waals surface area contributed by atoms with Crippen molar-refractivity contribution >= 4 is 22.2 Å². The van der Waals surface area contributed by atoms with Crippen LogP contribution in [0.5, 0.6) is 0 Å². The van der Waals surface area contributed by atoms with Crippen LogP contribution in [0.3, 0.4) is 0 Å². The minimum Gasteiger partial charge on any atom is -0.379 e. The second-order valence-corrected chi connectivity index (χ2v) is 8.53. The van der Waals surface area contributed by atoms with Crippen LogP contribution in [-0.4, -0.2) is 52.6 Å². The first-order valence-electron chi connectivity index (χ1n) is 8.49. The Labute approximate surface area is 150 Å². The molecule has 136 valence electrons. The summed E-state index contributed by atoms with van der Waals surface area (Å²) in [5.41, 5.74) is 0. The quantitative estimate of drug-likeness (QED) is 0.792. The molecule has 24 heavy (non-hydrogen) atoms. The highest BCUT2D eigenvalue weighted by Crippen LogP contribution is 2.29. The zero-order chi connectivity index (χ0) is 16.1. The lowest BCUT2D eigenvalue weighted by Gasteiger charge is -2.33. The van der Waals surface area contributed by atoms with Crippen LogP contribution in [0.25, 0.3) is 0 Å². The van der Waals surface area contributed by atoms with Gasteiger partial charge in [-0.2, -0.15) is 0 Å². The van der Waals surface area contributed by atoms with Crippen LogP contribution in [0, 0.1) is 5.92 Å². The third-order valence-corrected chi connectivity index (χ3v) is 6.65. The molecule has 1 heterocycles. The van der Waals surface area contributed by atoms with Gasteiger partial charge >= 0.3 is 0 Å². The van der Waals surface area contributed by atoms with E-state index >= 15 is 0 Å². The van der Waals surface area contributed by atoms with Crippen LogP contribution < -0.4 is 10.6 Å². The molecule has 1 saturated carbocycles. The Morgan fingerprint density at radius 1 is 1.21 bits per heavy atom. The Bertz CT molecular complexity index is 591. The number of halogens is 1. The lowest BCUT2D eigenvalue weighted by Crippen LogP contribution is -2.51. The Hall–Kier alpha value is -0.660. The fraction of sp³-hybridized carbons (Fsp3) is 0.647. The predicted octanol–water partition coefficient (Wildman–Crippen LogP) is 1.63. The van der Waals surface area contributed by atoms with E-state index in [4.69, 9.17) is 4.74 Å². The molecule has 2 aliphatic rings. The summed E-state index contributed by atoms with van der Waals surface area (Å²) in [6.45, 7) is 2.98. The molecule has 1 aliphatic heterocycles. The Morgan fingerprint density at radius 3 is 2.71 bits per heavy atom. The molecule has 7 heteroatoms. The smallest absolute Gasteiger partial charge is 0.179 e. The molecule has 1 aromatic carbocycles. The molecular formula is C17H27ClN2O3S. The van der Waals surface area contributed by atoms with Gasteiger partial charge < -0.3 is 15.4 Å². The molecule has 0 spiro atoms. The van der Waals surface area contributed by atoms with Gasteiger partial charge in [-0.25, -0.2) is 8.42 Å². The topological polar surface area (TPSA) is 67.4 Å². The molecule has 0 radical (unpaired) electrons. The fourth-order valence-electron chi connectivity index (χ4n) is 3.71. The number of sulfone groups is 1. The normalized spacial score (nSPS) is 27.6. The number of ether oxygens (including phenoxy) is 1. The van der Waals surface area contributed by atoms with Crippen LogP contribution in [0.15, 0.2) is 35.2 Å². The summed E-state index contributed by atoms with van der Waals surface area (Å²) in [6.07, 6.45) is 3.50.